The number of likely N-dealkylation sites (tertiary alicyclic amines) is 1. The van der Waals surface area contributed by atoms with Crippen LogP contribution in [0.15, 0.2) is 30.3 Å². The first-order valence-corrected chi connectivity index (χ1v) is 10.1. The van der Waals surface area contributed by atoms with Crippen LogP contribution in [0.3, 0.4) is 0 Å². The molecule has 1 aromatic carbocycles. The highest BCUT2D eigenvalue weighted by molar-refractivity contribution is 5.81. The van der Waals surface area contributed by atoms with Crippen LogP contribution < -0.4 is 10.2 Å². The molecule has 5 rings (SSSR count). The molecule has 0 unspecified atom stereocenters. The van der Waals surface area contributed by atoms with Gasteiger partial charge in [-0.3, -0.25) is 4.90 Å². The molecule has 1 aromatic heterocycles. The van der Waals surface area contributed by atoms with Crippen molar-refractivity contribution < 1.29 is 14.3 Å². The van der Waals surface area contributed by atoms with Crippen LogP contribution >= 0.6 is 0 Å². The number of aromatic nitrogens is 1. The minimum Gasteiger partial charge on any atom is -0.441 e. The van der Waals surface area contributed by atoms with E-state index in [1.165, 1.54) is 10.9 Å². The van der Waals surface area contributed by atoms with E-state index in [0.717, 1.165) is 70.1 Å². The summed E-state index contributed by atoms with van der Waals surface area (Å²) in [5, 5.41) is 3.99. The van der Waals surface area contributed by atoms with Gasteiger partial charge in [-0.05, 0) is 12.1 Å². The van der Waals surface area contributed by atoms with Crippen molar-refractivity contribution in [1.82, 2.24) is 15.2 Å². The lowest BCUT2D eigenvalue weighted by Gasteiger charge is -2.38. The summed E-state index contributed by atoms with van der Waals surface area (Å²) in [4.78, 5) is 21.3. The Bertz CT molecular complexity index is 873. The number of para-hydroxylation sites is 1. The van der Waals surface area contributed by atoms with Crippen molar-refractivity contribution in [3.63, 3.8) is 0 Å². The number of nitrogens with one attached hydrogen (secondary N) is 1. The van der Waals surface area contributed by atoms with E-state index in [2.05, 4.69) is 39.4 Å². The quantitative estimate of drug-likeness (QED) is 0.877. The maximum atomic E-state index is 11.5. The van der Waals surface area contributed by atoms with E-state index in [1.54, 1.807) is 0 Å². The topological polar surface area (TPSA) is 66.9 Å². The Balaban J connectivity index is 1.38. The lowest BCUT2D eigenvalue weighted by atomic mass is 9.91. The summed E-state index contributed by atoms with van der Waals surface area (Å²) in [7, 11) is 0. The largest absolute Gasteiger partial charge is 0.441 e. The molecule has 2 aromatic rings. The first kappa shape index (κ1) is 17.7. The van der Waals surface area contributed by atoms with E-state index in [9.17, 15) is 4.79 Å². The molecule has 28 heavy (non-hydrogen) atoms. The molecule has 0 saturated carbocycles. The van der Waals surface area contributed by atoms with Crippen LogP contribution in [-0.2, 0) is 16.0 Å². The van der Waals surface area contributed by atoms with Crippen molar-refractivity contribution in [3.8, 4) is 0 Å². The van der Waals surface area contributed by atoms with Crippen molar-refractivity contribution in [2.24, 2.45) is 0 Å². The highest BCUT2D eigenvalue weighted by Gasteiger charge is 2.42. The van der Waals surface area contributed by atoms with Gasteiger partial charge in [0.05, 0.1) is 25.3 Å². The van der Waals surface area contributed by atoms with Crippen LogP contribution in [0, 0.1) is 0 Å². The van der Waals surface area contributed by atoms with Crippen molar-refractivity contribution in [3.05, 3.63) is 35.9 Å². The van der Waals surface area contributed by atoms with Gasteiger partial charge in [0.1, 0.15) is 11.4 Å². The molecule has 3 fully saturated rings. The predicted molar refractivity (Wildman–Crippen MR) is 107 cm³/mol. The summed E-state index contributed by atoms with van der Waals surface area (Å²) in [6, 6.07) is 10.6. The van der Waals surface area contributed by atoms with Gasteiger partial charge >= 0.3 is 6.09 Å². The van der Waals surface area contributed by atoms with E-state index < -0.39 is 0 Å². The van der Waals surface area contributed by atoms with E-state index >= 15 is 0 Å². The smallest absolute Gasteiger partial charge is 0.407 e. The molecule has 0 bridgehead atoms. The average molecular weight is 382 g/mol. The number of rotatable bonds is 3. The molecule has 0 aliphatic carbocycles. The van der Waals surface area contributed by atoms with E-state index in [4.69, 9.17) is 14.5 Å². The van der Waals surface area contributed by atoms with Crippen LogP contribution in [0.2, 0.25) is 0 Å². The summed E-state index contributed by atoms with van der Waals surface area (Å²) < 4.78 is 11.1. The third-order valence-electron chi connectivity index (χ3n) is 6.12. The SMILES string of the molecule is O=C1NCC2(CCN(Cc3cc4ccccc4nc3N3CCOCC3)CC2)O1. The zero-order valence-electron chi connectivity index (χ0n) is 16.0. The Morgan fingerprint density at radius 3 is 2.64 bits per heavy atom. The molecule has 148 valence electrons. The molecule has 0 radical (unpaired) electrons. The highest BCUT2D eigenvalue weighted by atomic mass is 16.6. The lowest BCUT2D eigenvalue weighted by Crippen LogP contribution is -2.46. The average Bonchev–Trinajstić information content (AvgIpc) is 3.10. The third kappa shape index (κ3) is 3.40. The normalized spacial score (nSPS) is 22.4. The number of ether oxygens (including phenoxy) is 2. The number of carbonyl (C=O) groups is 1. The molecule has 3 saturated heterocycles. The number of hydrogen-bond acceptors (Lipinski definition) is 6. The second-order valence-electron chi connectivity index (χ2n) is 7.97. The van der Waals surface area contributed by atoms with Crippen LogP contribution in [0.5, 0.6) is 0 Å². The first-order valence-electron chi connectivity index (χ1n) is 10.1. The van der Waals surface area contributed by atoms with Crippen LogP contribution in [0.1, 0.15) is 18.4 Å². The van der Waals surface area contributed by atoms with Gasteiger partial charge < -0.3 is 19.7 Å². The zero-order valence-corrected chi connectivity index (χ0v) is 16.0. The van der Waals surface area contributed by atoms with Gasteiger partial charge in [-0.15, -0.1) is 0 Å². The number of benzene rings is 1. The number of morpholine rings is 1. The van der Waals surface area contributed by atoms with E-state index in [-0.39, 0.29) is 11.7 Å². The number of hydrogen-bond donors (Lipinski definition) is 1. The summed E-state index contributed by atoms with van der Waals surface area (Å²) in [5.74, 6) is 1.08. The van der Waals surface area contributed by atoms with Gasteiger partial charge in [0.25, 0.3) is 0 Å². The Labute approximate surface area is 164 Å². The molecule has 1 amide bonds. The van der Waals surface area contributed by atoms with Crippen molar-refractivity contribution in [1.29, 1.82) is 0 Å². The standard InChI is InChI=1S/C21H26N4O3/c26-20-22-15-21(28-20)5-7-24(8-6-21)14-17-13-16-3-1-2-4-18(16)23-19(17)25-9-11-27-12-10-25/h1-4,13H,5-12,14-15H2,(H,22,26). The van der Waals surface area contributed by atoms with Gasteiger partial charge in [-0.2, -0.15) is 0 Å². The molecule has 1 N–H and O–H groups in total. The summed E-state index contributed by atoms with van der Waals surface area (Å²) in [6.45, 7) is 6.59. The number of anilines is 1. The van der Waals surface area contributed by atoms with Crippen molar-refractivity contribution in [2.45, 2.75) is 25.0 Å². The molecule has 3 aliphatic rings. The fraction of sp³-hybridized carbons (Fsp3) is 0.524. The van der Waals surface area contributed by atoms with Crippen LogP contribution in [0.25, 0.3) is 10.9 Å². The first-order chi connectivity index (χ1) is 13.7. The van der Waals surface area contributed by atoms with Crippen molar-refractivity contribution >= 4 is 22.8 Å². The summed E-state index contributed by atoms with van der Waals surface area (Å²) in [5.41, 5.74) is 2.00. The number of amides is 1. The summed E-state index contributed by atoms with van der Waals surface area (Å²) >= 11 is 0. The van der Waals surface area contributed by atoms with E-state index in [0.29, 0.717) is 6.54 Å². The number of piperidine rings is 1. The molecule has 3 aliphatic heterocycles. The Morgan fingerprint density at radius 1 is 1.11 bits per heavy atom. The van der Waals surface area contributed by atoms with Gasteiger partial charge in [-0.1, -0.05) is 18.2 Å². The van der Waals surface area contributed by atoms with Crippen LogP contribution in [-0.4, -0.2) is 67.5 Å². The van der Waals surface area contributed by atoms with E-state index in [1.807, 2.05) is 6.07 Å². The minimum absolute atomic E-state index is 0.276. The number of alkyl carbamates (subject to hydrolysis) is 1. The number of fused-ring (bicyclic) bond motifs is 1. The fourth-order valence-electron chi connectivity index (χ4n) is 4.46. The number of pyridine rings is 1. The number of carbonyl (C=O) groups excluding carboxylic acids is 1. The zero-order chi connectivity index (χ0) is 19.0. The van der Waals surface area contributed by atoms with Gasteiger partial charge in [0, 0.05) is 56.5 Å². The third-order valence-corrected chi connectivity index (χ3v) is 6.12. The van der Waals surface area contributed by atoms with Gasteiger partial charge in [0.2, 0.25) is 0 Å². The Hall–Kier alpha value is -2.38. The maximum absolute atomic E-state index is 11.5. The second-order valence-corrected chi connectivity index (χ2v) is 7.97. The molecular formula is C21H26N4O3. The number of nitrogens with zero attached hydrogens (tertiary/aromatic N) is 3. The minimum atomic E-state index is -0.303. The lowest BCUT2D eigenvalue weighted by molar-refractivity contribution is -0.00101. The van der Waals surface area contributed by atoms with Crippen molar-refractivity contribution in [2.75, 3.05) is 50.8 Å². The van der Waals surface area contributed by atoms with Crippen LogP contribution in [0.4, 0.5) is 10.6 Å². The van der Waals surface area contributed by atoms with Gasteiger partial charge in [-0.25, -0.2) is 9.78 Å². The van der Waals surface area contributed by atoms with Gasteiger partial charge in [0.15, 0.2) is 0 Å². The Kier molecular flexibility index (Phi) is 4.56. The maximum Gasteiger partial charge on any atom is 0.407 e. The molecule has 0 atom stereocenters. The highest BCUT2D eigenvalue weighted by Crippen LogP contribution is 2.31. The fourth-order valence-corrected chi connectivity index (χ4v) is 4.46. The molecule has 7 heteroatoms. The molecular weight excluding hydrogens is 356 g/mol. The second kappa shape index (κ2) is 7.22. The Morgan fingerprint density at radius 2 is 1.89 bits per heavy atom. The molecule has 7 nitrogen and oxygen atoms in total. The molecule has 4 heterocycles. The monoisotopic (exact) mass is 382 g/mol. The predicted octanol–water partition coefficient (Wildman–Crippen LogP) is 2.15. The molecule has 1 spiro atoms. The summed E-state index contributed by atoms with van der Waals surface area (Å²) in [6.07, 6.45) is 1.47.